The maximum absolute atomic E-state index is 13.4. The van der Waals surface area contributed by atoms with E-state index in [2.05, 4.69) is 5.16 Å². The second-order valence-corrected chi connectivity index (χ2v) is 4.82. The summed E-state index contributed by atoms with van der Waals surface area (Å²) in [5, 5.41) is 4.10. The van der Waals surface area contributed by atoms with Gasteiger partial charge >= 0.3 is 0 Å². The third-order valence-electron chi connectivity index (χ3n) is 2.99. The third kappa shape index (κ3) is 2.48. The van der Waals surface area contributed by atoms with E-state index in [0.717, 1.165) is 18.2 Å². The van der Waals surface area contributed by atoms with Gasteiger partial charge in [0.15, 0.2) is 11.6 Å². The molecule has 0 aliphatic heterocycles. The van der Waals surface area contributed by atoms with E-state index in [4.69, 9.17) is 21.9 Å². The summed E-state index contributed by atoms with van der Waals surface area (Å²) >= 11 is 6.14. The summed E-state index contributed by atoms with van der Waals surface area (Å²) in [6.45, 7) is 0. The molecule has 0 unspecified atom stereocenters. The molecule has 2 aromatic carbocycles. The Morgan fingerprint density at radius 3 is 2.38 bits per heavy atom. The molecule has 0 saturated carbocycles. The molecule has 0 amide bonds. The minimum Gasteiger partial charge on any atom is -0.380 e. The third-order valence-corrected chi connectivity index (χ3v) is 3.32. The summed E-state index contributed by atoms with van der Waals surface area (Å²) in [6, 6.07) is 10.00. The van der Waals surface area contributed by atoms with Crippen LogP contribution in [-0.4, -0.2) is 5.16 Å². The summed E-state index contributed by atoms with van der Waals surface area (Å²) in [7, 11) is 0. The van der Waals surface area contributed by atoms with Crippen LogP contribution in [0, 0.1) is 11.6 Å². The van der Waals surface area contributed by atoms with Gasteiger partial charge in [-0.3, -0.25) is 0 Å². The van der Waals surface area contributed by atoms with Crippen molar-refractivity contribution in [1.82, 2.24) is 5.16 Å². The summed E-state index contributed by atoms with van der Waals surface area (Å²) < 4.78 is 31.9. The maximum Gasteiger partial charge on any atom is 0.177 e. The highest BCUT2D eigenvalue weighted by Crippen LogP contribution is 2.39. The Morgan fingerprint density at radius 2 is 1.71 bits per heavy atom. The molecule has 3 nitrogen and oxygen atoms in total. The molecular weight excluding hydrogens is 298 g/mol. The highest BCUT2D eigenvalue weighted by molar-refractivity contribution is 6.33. The predicted octanol–water partition coefficient (Wildman–Crippen LogP) is 4.52. The van der Waals surface area contributed by atoms with Crippen molar-refractivity contribution in [3.05, 3.63) is 59.1 Å². The van der Waals surface area contributed by atoms with Gasteiger partial charge in [0.05, 0.1) is 5.56 Å². The fourth-order valence-corrected chi connectivity index (χ4v) is 2.34. The zero-order chi connectivity index (χ0) is 15.0. The Balaban J connectivity index is 2.24. The molecule has 1 aromatic heterocycles. The fraction of sp³-hybridized carbons (Fsp3) is 0. The first kappa shape index (κ1) is 13.6. The topological polar surface area (TPSA) is 52.0 Å². The summed E-state index contributed by atoms with van der Waals surface area (Å²) in [6.07, 6.45) is 0. The van der Waals surface area contributed by atoms with Crippen molar-refractivity contribution < 1.29 is 13.3 Å². The number of aromatic nitrogens is 1. The SMILES string of the molecule is Nc1noc(-c2cc(F)cc(F)c2)c1-c1ccccc1Cl. The first-order valence-corrected chi connectivity index (χ1v) is 6.40. The first-order chi connectivity index (χ1) is 10.1. The van der Waals surface area contributed by atoms with Crippen molar-refractivity contribution in [2.45, 2.75) is 0 Å². The number of hydrogen-bond donors (Lipinski definition) is 1. The number of benzene rings is 2. The van der Waals surface area contributed by atoms with Gasteiger partial charge in [0.25, 0.3) is 0 Å². The van der Waals surface area contributed by atoms with Gasteiger partial charge in [-0.05, 0) is 18.2 Å². The number of nitrogens with two attached hydrogens (primary N) is 1. The van der Waals surface area contributed by atoms with Crippen LogP contribution < -0.4 is 5.73 Å². The first-order valence-electron chi connectivity index (χ1n) is 6.03. The second kappa shape index (κ2) is 5.18. The molecule has 0 atom stereocenters. The van der Waals surface area contributed by atoms with Crippen LogP contribution in [-0.2, 0) is 0 Å². The maximum atomic E-state index is 13.4. The van der Waals surface area contributed by atoms with E-state index in [1.165, 1.54) is 0 Å². The smallest absolute Gasteiger partial charge is 0.177 e. The number of nitrogen functional groups attached to an aromatic ring is 1. The quantitative estimate of drug-likeness (QED) is 0.757. The van der Waals surface area contributed by atoms with Crippen LogP contribution in [0.1, 0.15) is 0 Å². The molecule has 106 valence electrons. The molecule has 0 aliphatic rings. The summed E-state index contributed by atoms with van der Waals surface area (Å²) in [5.41, 5.74) is 6.99. The van der Waals surface area contributed by atoms with Crippen molar-refractivity contribution in [1.29, 1.82) is 0 Å². The molecule has 0 fully saturated rings. The highest BCUT2D eigenvalue weighted by atomic mass is 35.5. The van der Waals surface area contributed by atoms with Crippen molar-refractivity contribution in [2.75, 3.05) is 5.73 Å². The minimum atomic E-state index is -0.718. The average Bonchev–Trinajstić information content (AvgIpc) is 2.80. The summed E-state index contributed by atoms with van der Waals surface area (Å²) in [5.74, 6) is -1.17. The molecule has 3 aromatic rings. The minimum absolute atomic E-state index is 0.0998. The monoisotopic (exact) mass is 306 g/mol. The molecule has 0 saturated heterocycles. The number of halogens is 3. The lowest BCUT2D eigenvalue weighted by Gasteiger charge is -2.05. The zero-order valence-electron chi connectivity index (χ0n) is 10.6. The van der Waals surface area contributed by atoms with E-state index < -0.39 is 11.6 Å². The lowest BCUT2D eigenvalue weighted by Crippen LogP contribution is -1.90. The Morgan fingerprint density at radius 1 is 1.05 bits per heavy atom. The molecule has 0 bridgehead atoms. The van der Waals surface area contributed by atoms with Crippen LogP contribution in [0.15, 0.2) is 47.0 Å². The Kier molecular flexibility index (Phi) is 3.35. The van der Waals surface area contributed by atoms with Crippen molar-refractivity contribution in [3.8, 4) is 22.5 Å². The van der Waals surface area contributed by atoms with Gasteiger partial charge in [0, 0.05) is 22.2 Å². The second-order valence-electron chi connectivity index (χ2n) is 4.41. The molecule has 0 aliphatic carbocycles. The molecule has 0 spiro atoms. The Hall–Kier alpha value is -2.40. The zero-order valence-corrected chi connectivity index (χ0v) is 11.4. The lowest BCUT2D eigenvalue weighted by atomic mass is 10.0. The molecule has 1 heterocycles. The van der Waals surface area contributed by atoms with E-state index in [9.17, 15) is 8.78 Å². The van der Waals surface area contributed by atoms with Crippen LogP contribution >= 0.6 is 11.6 Å². The largest absolute Gasteiger partial charge is 0.380 e. The van der Waals surface area contributed by atoms with Gasteiger partial charge in [0.1, 0.15) is 11.6 Å². The molecule has 6 heteroatoms. The van der Waals surface area contributed by atoms with Gasteiger partial charge in [-0.2, -0.15) is 0 Å². The molecule has 2 N–H and O–H groups in total. The molecule has 3 rings (SSSR count). The van der Waals surface area contributed by atoms with E-state index in [1.807, 2.05) is 0 Å². The standard InChI is InChI=1S/C15H9ClF2N2O/c16-12-4-2-1-3-11(12)13-14(21-20-15(13)19)8-5-9(17)7-10(18)6-8/h1-7H,(H2,19,20). The van der Waals surface area contributed by atoms with Gasteiger partial charge in [-0.25, -0.2) is 8.78 Å². The average molecular weight is 307 g/mol. The van der Waals surface area contributed by atoms with Crippen molar-refractivity contribution in [3.63, 3.8) is 0 Å². The number of anilines is 1. The predicted molar refractivity (Wildman–Crippen MR) is 76.7 cm³/mol. The lowest BCUT2D eigenvalue weighted by molar-refractivity contribution is 0.435. The van der Waals surface area contributed by atoms with Gasteiger partial charge in [-0.15, -0.1) is 0 Å². The van der Waals surface area contributed by atoms with Crippen LogP contribution in [0.3, 0.4) is 0 Å². The normalized spacial score (nSPS) is 10.8. The fourth-order valence-electron chi connectivity index (χ4n) is 2.11. The van der Waals surface area contributed by atoms with Crippen molar-refractivity contribution >= 4 is 17.4 Å². The number of rotatable bonds is 2. The number of nitrogens with zero attached hydrogens (tertiary/aromatic N) is 1. The van der Waals surface area contributed by atoms with Crippen LogP contribution in [0.2, 0.25) is 5.02 Å². The number of hydrogen-bond acceptors (Lipinski definition) is 3. The van der Waals surface area contributed by atoms with Crippen LogP contribution in [0.4, 0.5) is 14.6 Å². The van der Waals surface area contributed by atoms with Gasteiger partial charge in [0.2, 0.25) is 0 Å². The Labute approximate surface area is 123 Å². The van der Waals surface area contributed by atoms with E-state index >= 15 is 0 Å². The van der Waals surface area contributed by atoms with Gasteiger partial charge in [-0.1, -0.05) is 35.0 Å². The molecule has 0 radical (unpaired) electrons. The summed E-state index contributed by atoms with van der Waals surface area (Å²) in [4.78, 5) is 0. The van der Waals surface area contributed by atoms with E-state index in [-0.39, 0.29) is 17.1 Å². The molecule has 21 heavy (non-hydrogen) atoms. The van der Waals surface area contributed by atoms with Crippen LogP contribution in [0.5, 0.6) is 0 Å². The van der Waals surface area contributed by atoms with Crippen LogP contribution in [0.25, 0.3) is 22.5 Å². The molecular formula is C15H9ClF2N2O. The Bertz CT molecular complexity index is 797. The van der Waals surface area contributed by atoms with E-state index in [1.54, 1.807) is 24.3 Å². The highest BCUT2D eigenvalue weighted by Gasteiger charge is 2.20. The van der Waals surface area contributed by atoms with Crippen molar-refractivity contribution in [2.24, 2.45) is 0 Å². The van der Waals surface area contributed by atoms with Gasteiger partial charge < -0.3 is 10.3 Å². The van der Waals surface area contributed by atoms with E-state index in [0.29, 0.717) is 16.1 Å².